The number of aliphatic hydroxyl groups is 1. The smallest absolute Gasteiger partial charge is 0.122 e. The highest BCUT2D eigenvalue weighted by Crippen LogP contribution is 2.28. The van der Waals surface area contributed by atoms with Gasteiger partial charge in [-0.2, -0.15) is 0 Å². The van der Waals surface area contributed by atoms with Crippen LogP contribution in [0, 0.1) is 0 Å². The van der Waals surface area contributed by atoms with Crippen LogP contribution in [0.4, 0.5) is 11.4 Å². The Labute approximate surface area is 109 Å². The zero-order chi connectivity index (χ0) is 13.5. The second-order valence-corrected chi connectivity index (χ2v) is 4.35. The van der Waals surface area contributed by atoms with Crippen molar-refractivity contribution in [3.63, 3.8) is 0 Å². The second-order valence-electron chi connectivity index (χ2n) is 4.35. The van der Waals surface area contributed by atoms with E-state index in [1.165, 1.54) is 0 Å². The summed E-state index contributed by atoms with van der Waals surface area (Å²) in [5.74, 6) is 0.749. The van der Waals surface area contributed by atoms with Crippen molar-refractivity contribution in [1.29, 1.82) is 0 Å². The number of hydrogen-bond donors (Lipinski definition) is 2. The summed E-state index contributed by atoms with van der Waals surface area (Å²) < 4.78 is 5.24. The van der Waals surface area contributed by atoms with E-state index >= 15 is 0 Å². The number of nitrogen functional groups attached to an aromatic ring is 1. The van der Waals surface area contributed by atoms with Gasteiger partial charge in [0.2, 0.25) is 0 Å². The van der Waals surface area contributed by atoms with Crippen molar-refractivity contribution in [2.75, 3.05) is 30.9 Å². The van der Waals surface area contributed by atoms with Crippen LogP contribution in [0.2, 0.25) is 0 Å². The Hall–Kier alpha value is -1.42. The van der Waals surface area contributed by atoms with Crippen LogP contribution < -0.4 is 15.4 Å². The predicted molar refractivity (Wildman–Crippen MR) is 76.2 cm³/mol. The molecule has 102 valence electrons. The summed E-state index contributed by atoms with van der Waals surface area (Å²) in [4.78, 5) is 2.19. The summed E-state index contributed by atoms with van der Waals surface area (Å²) in [6.45, 7) is 5.05. The van der Waals surface area contributed by atoms with Crippen molar-refractivity contribution >= 4 is 11.4 Å². The van der Waals surface area contributed by atoms with E-state index in [1.54, 1.807) is 13.2 Å². The molecular formula is C14H24N2O2. The van der Waals surface area contributed by atoms with Crippen LogP contribution in [-0.4, -0.2) is 31.4 Å². The van der Waals surface area contributed by atoms with Crippen molar-refractivity contribution in [3.8, 4) is 5.75 Å². The number of aliphatic hydroxyl groups excluding tert-OH is 1. The Kier molecular flexibility index (Phi) is 5.78. The first kappa shape index (κ1) is 14.6. The Morgan fingerprint density at radius 2 is 1.94 bits per heavy atom. The number of nitrogens with zero attached hydrogens (tertiary/aromatic N) is 1. The minimum Gasteiger partial charge on any atom is -0.497 e. The zero-order valence-corrected chi connectivity index (χ0v) is 11.5. The average molecular weight is 252 g/mol. The maximum absolute atomic E-state index is 9.23. The van der Waals surface area contributed by atoms with Gasteiger partial charge in [0.15, 0.2) is 0 Å². The fourth-order valence-electron chi connectivity index (χ4n) is 2.25. The van der Waals surface area contributed by atoms with Gasteiger partial charge in [-0.3, -0.25) is 0 Å². The van der Waals surface area contributed by atoms with Gasteiger partial charge in [0, 0.05) is 36.1 Å². The normalized spacial score (nSPS) is 10.7. The molecule has 1 aromatic rings. The highest BCUT2D eigenvalue weighted by Gasteiger charge is 2.16. The largest absolute Gasteiger partial charge is 0.497 e. The summed E-state index contributed by atoms with van der Waals surface area (Å²) in [6, 6.07) is 6.10. The van der Waals surface area contributed by atoms with Gasteiger partial charge in [0.25, 0.3) is 0 Å². The quantitative estimate of drug-likeness (QED) is 0.731. The molecular weight excluding hydrogens is 228 g/mol. The molecule has 0 aliphatic carbocycles. The minimum atomic E-state index is 0.133. The molecule has 0 atom stereocenters. The number of nitrogens with two attached hydrogens (primary N) is 1. The van der Waals surface area contributed by atoms with E-state index in [1.807, 2.05) is 12.1 Å². The van der Waals surface area contributed by atoms with E-state index in [0.29, 0.717) is 18.3 Å². The summed E-state index contributed by atoms with van der Waals surface area (Å²) in [5.41, 5.74) is 7.57. The van der Waals surface area contributed by atoms with Crippen LogP contribution in [0.15, 0.2) is 18.2 Å². The SMILES string of the molecule is CCC(CC)N(CCO)c1cc(N)cc(OC)c1. The van der Waals surface area contributed by atoms with Crippen LogP contribution in [0.1, 0.15) is 26.7 Å². The van der Waals surface area contributed by atoms with Crippen LogP contribution in [-0.2, 0) is 0 Å². The third kappa shape index (κ3) is 3.53. The summed E-state index contributed by atoms with van der Waals surface area (Å²) in [5, 5.41) is 9.23. The van der Waals surface area contributed by atoms with E-state index in [4.69, 9.17) is 10.5 Å². The van der Waals surface area contributed by atoms with E-state index in [2.05, 4.69) is 18.7 Å². The van der Waals surface area contributed by atoms with E-state index in [-0.39, 0.29) is 6.61 Å². The highest BCUT2D eigenvalue weighted by molar-refractivity contribution is 5.61. The third-order valence-corrected chi connectivity index (χ3v) is 3.21. The van der Waals surface area contributed by atoms with Crippen molar-refractivity contribution in [2.45, 2.75) is 32.7 Å². The maximum Gasteiger partial charge on any atom is 0.122 e. The first-order valence-electron chi connectivity index (χ1n) is 6.48. The zero-order valence-electron chi connectivity index (χ0n) is 11.5. The molecule has 0 bridgehead atoms. The third-order valence-electron chi connectivity index (χ3n) is 3.21. The lowest BCUT2D eigenvalue weighted by atomic mass is 10.1. The molecule has 1 rings (SSSR count). The Bertz CT molecular complexity index is 365. The van der Waals surface area contributed by atoms with Crippen molar-refractivity contribution < 1.29 is 9.84 Å². The summed E-state index contributed by atoms with van der Waals surface area (Å²) >= 11 is 0. The average Bonchev–Trinajstić information content (AvgIpc) is 2.38. The molecule has 0 aromatic heterocycles. The van der Waals surface area contributed by atoms with Gasteiger partial charge >= 0.3 is 0 Å². The van der Waals surface area contributed by atoms with Crippen molar-refractivity contribution in [3.05, 3.63) is 18.2 Å². The number of ether oxygens (including phenoxy) is 1. The highest BCUT2D eigenvalue weighted by atomic mass is 16.5. The first-order chi connectivity index (χ1) is 8.65. The molecule has 0 unspecified atom stereocenters. The molecule has 0 spiro atoms. The fraction of sp³-hybridized carbons (Fsp3) is 0.571. The Morgan fingerprint density at radius 3 is 2.44 bits per heavy atom. The molecule has 1 aromatic carbocycles. The second kappa shape index (κ2) is 7.11. The van der Waals surface area contributed by atoms with Gasteiger partial charge < -0.3 is 20.5 Å². The van der Waals surface area contributed by atoms with Gasteiger partial charge in [0.05, 0.1) is 13.7 Å². The lowest BCUT2D eigenvalue weighted by Gasteiger charge is -2.32. The monoisotopic (exact) mass is 252 g/mol. The van der Waals surface area contributed by atoms with Crippen molar-refractivity contribution in [2.24, 2.45) is 0 Å². The predicted octanol–water partition coefficient (Wildman–Crippen LogP) is 2.26. The molecule has 0 amide bonds. The van der Waals surface area contributed by atoms with Gasteiger partial charge in [-0.25, -0.2) is 0 Å². The molecule has 0 radical (unpaired) electrons. The van der Waals surface area contributed by atoms with Gasteiger partial charge in [-0.1, -0.05) is 13.8 Å². The maximum atomic E-state index is 9.23. The fourth-order valence-corrected chi connectivity index (χ4v) is 2.25. The number of rotatable bonds is 7. The van der Waals surface area contributed by atoms with Crippen LogP contribution in [0.5, 0.6) is 5.75 Å². The summed E-state index contributed by atoms with van der Waals surface area (Å²) in [6.07, 6.45) is 2.07. The molecule has 0 heterocycles. The van der Waals surface area contributed by atoms with Gasteiger partial charge in [0.1, 0.15) is 5.75 Å². The lowest BCUT2D eigenvalue weighted by Crippen LogP contribution is -2.36. The molecule has 0 saturated heterocycles. The van der Waals surface area contributed by atoms with E-state index < -0.39 is 0 Å². The molecule has 4 nitrogen and oxygen atoms in total. The topological polar surface area (TPSA) is 58.7 Å². The Morgan fingerprint density at radius 1 is 1.28 bits per heavy atom. The molecule has 0 aliphatic rings. The number of hydrogen-bond acceptors (Lipinski definition) is 4. The molecule has 0 saturated carbocycles. The first-order valence-corrected chi connectivity index (χ1v) is 6.48. The molecule has 4 heteroatoms. The molecule has 0 fully saturated rings. The van der Waals surface area contributed by atoms with Crippen LogP contribution in [0.25, 0.3) is 0 Å². The number of anilines is 2. The van der Waals surface area contributed by atoms with Crippen LogP contribution in [0.3, 0.4) is 0 Å². The molecule has 3 N–H and O–H groups in total. The number of methoxy groups -OCH3 is 1. The van der Waals surface area contributed by atoms with E-state index in [9.17, 15) is 5.11 Å². The molecule has 0 aliphatic heterocycles. The van der Waals surface area contributed by atoms with Crippen molar-refractivity contribution in [1.82, 2.24) is 0 Å². The van der Waals surface area contributed by atoms with E-state index in [0.717, 1.165) is 24.3 Å². The number of benzene rings is 1. The molecule has 18 heavy (non-hydrogen) atoms. The lowest BCUT2D eigenvalue weighted by molar-refractivity contribution is 0.296. The minimum absolute atomic E-state index is 0.133. The standard InChI is InChI=1S/C14H24N2O2/c1-4-12(5-2)16(6-7-17)13-8-11(15)9-14(10-13)18-3/h8-10,12,17H,4-7,15H2,1-3H3. The van der Waals surface area contributed by atoms with Gasteiger partial charge in [-0.15, -0.1) is 0 Å². The Balaban J connectivity index is 3.07. The van der Waals surface area contributed by atoms with Gasteiger partial charge in [-0.05, 0) is 18.9 Å². The van der Waals surface area contributed by atoms with Crippen LogP contribution >= 0.6 is 0 Å². The summed E-state index contributed by atoms with van der Waals surface area (Å²) in [7, 11) is 1.63.